The van der Waals surface area contributed by atoms with Crippen LogP contribution in [0, 0.1) is 10.1 Å². The monoisotopic (exact) mass is 388 g/mol. The Hall–Kier alpha value is -2.36. The second-order valence-corrected chi connectivity index (χ2v) is 6.97. The van der Waals surface area contributed by atoms with Crippen molar-refractivity contribution in [1.82, 2.24) is 10.2 Å². The lowest BCUT2D eigenvalue weighted by Crippen LogP contribution is -2.54. The average Bonchev–Trinajstić information content (AvgIpc) is 2.54. The number of amides is 1. The molecule has 1 heterocycles. The summed E-state index contributed by atoms with van der Waals surface area (Å²) in [4.78, 5) is 26.0. The lowest BCUT2D eigenvalue weighted by atomic mass is 10.1. The SMILES string of the molecule is CC(C)NC(=O)c1ccc(N2CCN(CC(F)(F)F)C(C)C2)c([N+](=O)[O-])c1. The van der Waals surface area contributed by atoms with E-state index in [-0.39, 0.29) is 36.9 Å². The van der Waals surface area contributed by atoms with E-state index in [1.165, 1.54) is 23.1 Å². The van der Waals surface area contributed by atoms with Crippen LogP contribution in [0.2, 0.25) is 0 Å². The van der Waals surface area contributed by atoms with Gasteiger partial charge in [-0.1, -0.05) is 0 Å². The molecule has 10 heteroatoms. The maximum atomic E-state index is 12.6. The number of nitro benzene ring substituents is 1. The molecule has 0 saturated carbocycles. The smallest absolute Gasteiger partial charge is 0.363 e. The van der Waals surface area contributed by atoms with E-state index in [1.54, 1.807) is 25.7 Å². The summed E-state index contributed by atoms with van der Waals surface area (Å²) >= 11 is 0. The minimum absolute atomic E-state index is 0.112. The Morgan fingerprint density at radius 3 is 2.56 bits per heavy atom. The minimum Gasteiger partial charge on any atom is -0.363 e. The Labute approximate surface area is 155 Å². The van der Waals surface area contributed by atoms with Gasteiger partial charge < -0.3 is 10.2 Å². The Morgan fingerprint density at radius 2 is 2.04 bits per heavy atom. The molecule has 1 unspecified atom stereocenters. The number of carbonyl (C=O) groups is 1. The van der Waals surface area contributed by atoms with Gasteiger partial charge in [0.05, 0.1) is 11.5 Å². The fourth-order valence-electron chi connectivity index (χ4n) is 3.10. The third-order valence-electron chi connectivity index (χ3n) is 4.34. The molecule has 150 valence electrons. The first-order valence-corrected chi connectivity index (χ1v) is 8.63. The molecular formula is C17H23F3N4O3. The first kappa shape index (κ1) is 20.9. The molecule has 1 amide bonds. The largest absolute Gasteiger partial charge is 0.401 e. The second kappa shape index (κ2) is 8.12. The van der Waals surface area contributed by atoms with E-state index in [1.807, 2.05) is 0 Å². The van der Waals surface area contributed by atoms with E-state index < -0.39 is 29.6 Å². The highest BCUT2D eigenvalue weighted by atomic mass is 19.4. The number of piperazine rings is 1. The number of nitrogens with one attached hydrogen (secondary N) is 1. The summed E-state index contributed by atoms with van der Waals surface area (Å²) in [7, 11) is 0. The molecule has 1 fully saturated rings. The van der Waals surface area contributed by atoms with Gasteiger partial charge in [-0.05, 0) is 32.9 Å². The summed E-state index contributed by atoms with van der Waals surface area (Å²) in [5.74, 6) is -0.414. The van der Waals surface area contributed by atoms with Gasteiger partial charge in [0.1, 0.15) is 5.69 Å². The van der Waals surface area contributed by atoms with Crippen LogP contribution in [0.1, 0.15) is 31.1 Å². The van der Waals surface area contributed by atoms with Gasteiger partial charge in [0.15, 0.2) is 0 Å². The highest BCUT2D eigenvalue weighted by molar-refractivity contribution is 5.96. The van der Waals surface area contributed by atoms with Crippen LogP contribution in [0.4, 0.5) is 24.5 Å². The molecule has 1 N–H and O–H groups in total. The summed E-state index contributed by atoms with van der Waals surface area (Å²) in [6.45, 7) is 4.83. The zero-order valence-corrected chi connectivity index (χ0v) is 15.4. The average molecular weight is 388 g/mol. The van der Waals surface area contributed by atoms with E-state index in [0.29, 0.717) is 5.69 Å². The van der Waals surface area contributed by atoms with E-state index in [2.05, 4.69) is 5.32 Å². The van der Waals surface area contributed by atoms with E-state index in [0.717, 1.165) is 0 Å². The minimum atomic E-state index is -4.28. The van der Waals surface area contributed by atoms with Crippen molar-refractivity contribution in [3.63, 3.8) is 0 Å². The first-order chi connectivity index (χ1) is 12.5. The summed E-state index contributed by atoms with van der Waals surface area (Å²) in [5, 5.41) is 14.2. The maximum absolute atomic E-state index is 12.6. The summed E-state index contributed by atoms with van der Waals surface area (Å²) < 4.78 is 37.9. The standard InChI is InChI=1S/C17H23F3N4O3/c1-11(2)21-16(25)13-4-5-14(15(8-13)24(26)27)22-6-7-23(12(3)9-22)10-17(18,19)20/h4-5,8,11-12H,6-7,9-10H2,1-3H3,(H,21,25). The highest BCUT2D eigenvalue weighted by Gasteiger charge is 2.36. The third kappa shape index (κ3) is 5.56. The first-order valence-electron chi connectivity index (χ1n) is 8.63. The molecule has 1 saturated heterocycles. The van der Waals surface area contributed by atoms with Gasteiger partial charge in [0, 0.05) is 43.3 Å². The number of hydrogen-bond donors (Lipinski definition) is 1. The van der Waals surface area contributed by atoms with Crippen LogP contribution in [-0.2, 0) is 0 Å². The lowest BCUT2D eigenvalue weighted by Gasteiger charge is -2.40. The Balaban J connectivity index is 2.21. The number of rotatable bonds is 5. The van der Waals surface area contributed by atoms with Crippen LogP contribution in [0.15, 0.2) is 18.2 Å². The van der Waals surface area contributed by atoms with Gasteiger partial charge in [-0.25, -0.2) is 0 Å². The molecule has 7 nitrogen and oxygen atoms in total. The lowest BCUT2D eigenvalue weighted by molar-refractivity contribution is -0.384. The van der Waals surface area contributed by atoms with Crippen molar-refractivity contribution in [3.8, 4) is 0 Å². The molecule has 0 bridgehead atoms. The van der Waals surface area contributed by atoms with Crippen molar-refractivity contribution in [2.24, 2.45) is 0 Å². The number of anilines is 1. The quantitative estimate of drug-likeness (QED) is 0.620. The number of halogens is 3. The summed E-state index contributed by atoms with van der Waals surface area (Å²) in [6, 6.07) is 3.66. The number of nitro groups is 1. The van der Waals surface area contributed by atoms with Gasteiger partial charge in [0.2, 0.25) is 0 Å². The molecule has 27 heavy (non-hydrogen) atoms. The number of carbonyl (C=O) groups excluding carboxylic acids is 1. The van der Waals surface area contributed by atoms with E-state index in [9.17, 15) is 28.1 Å². The summed E-state index contributed by atoms with van der Waals surface area (Å²) in [6.07, 6.45) is -4.28. The van der Waals surface area contributed by atoms with Gasteiger partial charge >= 0.3 is 6.18 Å². The fraction of sp³-hybridized carbons (Fsp3) is 0.588. The van der Waals surface area contributed by atoms with Crippen LogP contribution >= 0.6 is 0 Å². The third-order valence-corrected chi connectivity index (χ3v) is 4.34. The van der Waals surface area contributed by atoms with E-state index >= 15 is 0 Å². The molecular weight excluding hydrogens is 365 g/mol. The van der Waals surface area contributed by atoms with Crippen molar-refractivity contribution in [1.29, 1.82) is 0 Å². The maximum Gasteiger partial charge on any atom is 0.401 e. The molecule has 1 aliphatic rings. The number of hydrogen-bond acceptors (Lipinski definition) is 5. The number of benzene rings is 1. The van der Waals surface area contributed by atoms with Gasteiger partial charge in [-0.15, -0.1) is 0 Å². The number of alkyl halides is 3. The van der Waals surface area contributed by atoms with Gasteiger partial charge in [0.25, 0.3) is 11.6 Å². The molecule has 0 aromatic heterocycles. The Kier molecular flexibility index (Phi) is 6.30. The van der Waals surface area contributed by atoms with Crippen LogP contribution in [0.25, 0.3) is 0 Å². The van der Waals surface area contributed by atoms with Crippen LogP contribution < -0.4 is 10.2 Å². The van der Waals surface area contributed by atoms with Gasteiger partial charge in [-0.3, -0.25) is 19.8 Å². The van der Waals surface area contributed by atoms with Gasteiger partial charge in [-0.2, -0.15) is 13.2 Å². The molecule has 1 aliphatic heterocycles. The predicted octanol–water partition coefficient (Wildman–Crippen LogP) is 2.81. The molecule has 0 aliphatic carbocycles. The zero-order valence-electron chi connectivity index (χ0n) is 15.4. The molecule has 0 spiro atoms. The predicted molar refractivity (Wildman–Crippen MR) is 95.0 cm³/mol. The molecule has 2 rings (SSSR count). The highest BCUT2D eigenvalue weighted by Crippen LogP contribution is 2.31. The van der Waals surface area contributed by atoms with Crippen molar-refractivity contribution >= 4 is 17.3 Å². The van der Waals surface area contributed by atoms with E-state index in [4.69, 9.17) is 0 Å². The molecule has 1 atom stereocenters. The fourth-order valence-corrected chi connectivity index (χ4v) is 3.10. The zero-order chi connectivity index (χ0) is 20.4. The van der Waals surface area contributed by atoms with Crippen molar-refractivity contribution in [2.45, 2.75) is 39.0 Å². The van der Waals surface area contributed by atoms with Crippen LogP contribution in [-0.4, -0.2) is 60.2 Å². The van der Waals surface area contributed by atoms with Crippen LogP contribution in [0.3, 0.4) is 0 Å². The Bertz CT molecular complexity index is 709. The topological polar surface area (TPSA) is 78.7 Å². The molecule has 1 aromatic carbocycles. The molecule has 1 aromatic rings. The molecule has 0 radical (unpaired) electrons. The second-order valence-electron chi connectivity index (χ2n) is 6.97. The van der Waals surface area contributed by atoms with Crippen molar-refractivity contribution < 1.29 is 22.9 Å². The normalized spacial score (nSPS) is 18.6. The van der Waals surface area contributed by atoms with Crippen molar-refractivity contribution in [3.05, 3.63) is 33.9 Å². The van der Waals surface area contributed by atoms with Crippen molar-refractivity contribution in [2.75, 3.05) is 31.1 Å². The Morgan fingerprint density at radius 1 is 1.37 bits per heavy atom. The summed E-state index contributed by atoms with van der Waals surface area (Å²) in [5.41, 5.74) is 0.241. The van der Waals surface area contributed by atoms with Crippen LogP contribution in [0.5, 0.6) is 0 Å². The number of nitrogens with zero attached hydrogens (tertiary/aromatic N) is 3.